The molecule has 0 atom stereocenters. The number of phenols is 5. The van der Waals surface area contributed by atoms with Crippen LogP contribution in [0.25, 0.3) is 11.1 Å². The van der Waals surface area contributed by atoms with E-state index >= 15 is 0 Å². The van der Waals surface area contributed by atoms with Gasteiger partial charge in [0, 0.05) is 0 Å². The molecule has 0 aromatic heterocycles. The maximum Gasteiger partial charge on any atom is 0.338 e. The molecule has 0 spiro atoms. The van der Waals surface area contributed by atoms with E-state index in [1.54, 1.807) is 48.5 Å². The number of hydrogen-bond acceptors (Lipinski definition) is 10. The van der Waals surface area contributed by atoms with E-state index in [9.17, 15) is 23.4 Å². The van der Waals surface area contributed by atoms with Crippen LogP contribution in [0.5, 0.6) is 28.7 Å². The summed E-state index contributed by atoms with van der Waals surface area (Å²) in [5, 5.41) is 46.6. The molecule has 0 radical (unpaired) electrons. The standard InChI is InChI=1S/C25H18O2.C13H18O3S.C8H8O5/c26-19-13-9-17(10-14-19)25(18-11-15-20(27)16-12-18)23-7-3-1-5-21(23)22-6-2-4-8-24(22)25;1-11-7-9-13(10-8-11)17(14,15)16-12-5-3-2-4-6-12;1-13-8(12)4-2-5(9)7(11)6(10)3-4/h1-16,26-27H;7-10,12H,2-6H2,1H3;2-3,9-11H,1H3. The molecular weight excluding hydrogens is 745 g/mol. The molecule has 2 aliphatic rings. The van der Waals surface area contributed by atoms with Gasteiger partial charge in [-0.1, -0.05) is 110 Å². The van der Waals surface area contributed by atoms with Crippen molar-refractivity contribution >= 4 is 16.1 Å². The third kappa shape index (κ3) is 8.60. The van der Waals surface area contributed by atoms with Gasteiger partial charge in [-0.2, -0.15) is 8.42 Å². The number of benzene rings is 6. The minimum Gasteiger partial charge on any atom is -0.508 e. The second-order valence-electron chi connectivity index (χ2n) is 13.9. The normalized spacial score (nSPS) is 14.1. The van der Waals surface area contributed by atoms with Crippen LogP contribution in [-0.2, 0) is 24.5 Å². The van der Waals surface area contributed by atoms with Crippen LogP contribution in [0.2, 0.25) is 0 Å². The first-order valence-electron chi connectivity index (χ1n) is 18.5. The molecule has 0 saturated heterocycles. The number of phenolic OH excluding ortho intramolecular Hbond substituents is 5. The number of fused-ring (bicyclic) bond motifs is 3. The molecule has 5 N–H and O–H groups in total. The zero-order valence-electron chi connectivity index (χ0n) is 31.5. The lowest BCUT2D eigenvalue weighted by atomic mass is 9.68. The highest BCUT2D eigenvalue weighted by Gasteiger charge is 2.45. The number of methoxy groups -OCH3 is 1. The van der Waals surface area contributed by atoms with E-state index in [1.807, 2.05) is 31.2 Å². The summed E-state index contributed by atoms with van der Waals surface area (Å²) < 4.78 is 33.6. The first kappa shape index (κ1) is 40.4. The minimum absolute atomic E-state index is 0.0321. The fourth-order valence-electron chi connectivity index (χ4n) is 7.39. The molecule has 10 nitrogen and oxygen atoms in total. The Morgan fingerprint density at radius 3 is 1.54 bits per heavy atom. The lowest BCUT2D eigenvalue weighted by Gasteiger charge is -2.33. The third-order valence-electron chi connectivity index (χ3n) is 10.2. The summed E-state index contributed by atoms with van der Waals surface area (Å²) in [7, 11) is -2.41. The fraction of sp³-hybridized carbons (Fsp3) is 0.196. The third-order valence-corrected chi connectivity index (χ3v) is 11.5. The van der Waals surface area contributed by atoms with Gasteiger partial charge in [-0.05, 0) is 102 Å². The number of rotatable bonds is 6. The molecule has 0 unspecified atom stereocenters. The van der Waals surface area contributed by atoms with Crippen molar-refractivity contribution in [1.29, 1.82) is 0 Å². The smallest absolute Gasteiger partial charge is 0.338 e. The van der Waals surface area contributed by atoms with Crippen molar-refractivity contribution in [3.8, 4) is 39.9 Å². The topological polar surface area (TPSA) is 171 Å². The molecule has 1 saturated carbocycles. The molecule has 0 heterocycles. The Morgan fingerprint density at radius 1 is 0.632 bits per heavy atom. The van der Waals surface area contributed by atoms with Crippen LogP contribution in [0, 0.1) is 6.92 Å². The lowest BCUT2D eigenvalue weighted by Crippen LogP contribution is -2.28. The fourth-order valence-corrected chi connectivity index (χ4v) is 8.52. The Kier molecular flexibility index (Phi) is 12.2. The Labute approximate surface area is 332 Å². The van der Waals surface area contributed by atoms with E-state index in [1.165, 1.54) is 35.8 Å². The zero-order chi connectivity index (χ0) is 40.7. The highest BCUT2D eigenvalue weighted by Crippen LogP contribution is 2.56. The molecular formula is C46H44O10S. The van der Waals surface area contributed by atoms with Crippen LogP contribution in [0.15, 0.2) is 138 Å². The van der Waals surface area contributed by atoms with Crippen LogP contribution in [0.1, 0.15) is 70.3 Å². The Morgan fingerprint density at radius 2 is 1.09 bits per heavy atom. The Bertz CT molecular complexity index is 2320. The summed E-state index contributed by atoms with van der Waals surface area (Å²) in [6.45, 7) is 1.93. The Balaban J connectivity index is 0.000000158. The van der Waals surface area contributed by atoms with Gasteiger partial charge in [-0.25, -0.2) is 4.79 Å². The minimum atomic E-state index is -3.58. The molecule has 6 aromatic rings. The highest BCUT2D eigenvalue weighted by molar-refractivity contribution is 7.86. The number of aromatic hydroxyl groups is 5. The quantitative estimate of drug-likeness (QED) is 0.0622. The van der Waals surface area contributed by atoms with E-state index < -0.39 is 38.8 Å². The number of hydrogen-bond donors (Lipinski definition) is 5. The molecule has 2 aliphatic carbocycles. The SMILES string of the molecule is COC(=O)c1cc(O)c(O)c(O)c1.Cc1ccc(S(=O)(=O)OC2CCCCC2)cc1.Oc1ccc(C2(c3ccc(O)cc3)c3ccccc3-c3ccccc32)cc1. The van der Waals surface area contributed by atoms with Gasteiger partial charge in [0.2, 0.25) is 0 Å². The maximum atomic E-state index is 12.0. The van der Waals surface area contributed by atoms with Crippen molar-refractivity contribution < 1.29 is 47.7 Å². The summed E-state index contributed by atoms with van der Waals surface area (Å²) >= 11 is 0. The van der Waals surface area contributed by atoms with Crippen LogP contribution < -0.4 is 0 Å². The number of esters is 1. The molecule has 6 aromatic carbocycles. The number of carbonyl (C=O) groups excluding carboxylic acids is 1. The first-order valence-corrected chi connectivity index (χ1v) is 19.9. The van der Waals surface area contributed by atoms with Gasteiger partial charge in [-0.3, -0.25) is 4.18 Å². The first-order chi connectivity index (χ1) is 27.3. The second-order valence-corrected chi connectivity index (χ2v) is 15.5. The van der Waals surface area contributed by atoms with Crippen LogP contribution in [0.4, 0.5) is 0 Å². The van der Waals surface area contributed by atoms with Gasteiger partial charge in [0.15, 0.2) is 17.2 Å². The van der Waals surface area contributed by atoms with Crippen molar-refractivity contribution in [1.82, 2.24) is 0 Å². The van der Waals surface area contributed by atoms with Crippen molar-refractivity contribution in [3.05, 3.63) is 167 Å². The van der Waals surface area contributed by atoms with Crippen LogP contribution in [0.3, 0.4) is 0 Å². The molecule has 11 heteroatoms. The van der Waals surface area contributed by atoms with E-state index in [2.05, 4.69) is 53.3 Å². The van der Waals surface area contributed by atoms with Gasteiger partial charge < -0.3 is 30.3 Å². The van der Waals surface area contributed by atoms with Gasteiger partial charge in [0.05, 0.1) is 29.1 Å². The second kappa shape index (κ2) is 17.2. The van der Waals surface area contributed by atoms with Crippen molar-refractivity contribution in [3.63, 3.8) is 0 Å². The number of ether oxygens (including phenoxy) is 1. The largest absolute Gasteiger partial charge is 0.508 e. The number of aryl methyl sites for hydroxylation is 1. The summed E-state index contributed by atoms with van der Waals surface area (Å²) in [5.74, 6) is -2.00. The summed E-state index contributed by atoms with van der Waals surface area (Å²) in [5.41, 5.74) is 7.55. The van der Waals surface area contributed by atoms with E-state index in [4.69, 9.17) is 19.5 Å². The van der Waals surface area contributed by atoms with Crippen LogP contribution in [-0.4, -0.2) is 53.1 Å². The van der Waals surface area contributed by atoms with Gasteiger partial charge in [0.1, 0.15) is 11.5 Å². The summed E-state index contributed by atoms with van der Waals surface area (Å²) in [6.07, 6.45) is 4.89. The predicted octanol–water partition coefficient (Wildman–Crippen LogP) is 9.08. The van der Waals surface area contributed by atoms with Crippen molar-refractivity contribution in [2.24, 2.45) is 0 Å². The zero-order valence-corrected chi connectivity index (χ0v) is 32.3. The summed E-state index contributed by atoms with van der Waals surface area (Å²) in [4.78, 5) is 11.2. The molecule has 8 rings (SSSR count). The summed E-state index contributed by atoms with van der Waals surface area (Å²) in [6, 6.07) is 40.6. The molecule has 57 heavy (non-hydrogen) atoms. The molecule has 0 amide bonds. The number of carbonyl (C=O) groups is 1. The molecule has 0 aliphatic heterocycles. The Hall–Kier alpha value is -6.30. The van der Waals surface area contributed by atoms with Crippen molar-refractivity contribution in [2.75, 3.05) is 7.11 Å². The highest BCUT2D eigenvalue weighted by atomic mass is 32.2. The average molecular weight is 789 g/mol. The monoisotopic (exact) mass is 788 g/mol. The van der Waals surface area contributed by atoms with E-state index in [-0.39, 0.29) is 28.1 Å². The molecule has 0 bridgehead atoms. The lowest BCUT2D eigenvalue weighted by molar-refractivity contribution is 0.0599. The van der Waals surface area contributed by atoms with Crippen LogP contribution >= 0.6 is 0 Å². The molecule has 1 fully saturated rings. The predicted molar refractivity (Wildman–Crippen MR) is 216 cm³/mol. The van der Waals surface area contributed by atoms with E-state index in [0.717, 1.165) is 54.5 Å². The van der Waals surface area contributed by atoms with E-state index in [0.29, 0.717) is 0 Å². The van der Waals surface area contributed by atoms with Gasteiger partial charge in [-0.15, -0.1) is 0 Å². The van der Waals surface area contributed by atoms with Crippen molar-refractivity contribution in [2.45, 2.75) is 55.4 Å². The maximum absolute atomic E-state index is 12.0. The molecule has 294 valence electrons. The van der Waals surface area contributed by atoms with Gasteiger partial charge in [0.25, 0.3) is 10.1 Å². The van der Waals surface area contributed by atoms with Gasteiger partial charge >= 0.3 is 5.97 Å². The average Bonchev–Trinajstić information content (AvgIpc) is 3.52.